The van der Waals surface area contributed by atoms with Crippen molar-refractivity contribution in [1.82, 2.24) is 51.5 Å². The molecule has 9 rings (SSSR count). The first-order chi connectivity index (χ1) is 38.7. The SMILES string of the molecule is CN[C@@H](C)C(=O)N[C@H](C(=O)N1C[C@@H](NC(=O)c2ccc(C(=O)N[C@H]3C[C@@H](C(=O)N4CC[C@@H](c5ccccc5)C4)N(C(=O)[C@@H](NC(=O)[C@H](C)NC)C4CCCCC4)C3)cc2)C[C@H]1C(=O)N1CCC(c2ccccc2)C1)C1CCCCC1. The van der Waals surface area contributed by atoms with Gasteiger partial charge in [-0.3, -0.25) is 38.4 Å². The van der Waals surface area contributed by atoms with Gasteiger partial charge in [-0.05, 0) is 127 Å². The number of hydrogen-bond donors (Lipinski definition) is 6. The van der Waals surface area contributed by atoms with Crippen molar-refractivity contribution in [3.8, 4) is 0 Å². The summed E-state index contributed by atoms with van der Waals surface area (Å²) in [6.07, 6.45) is 11.0. The lowest BCUT2D eigenvalue weighted by molar-refractivity contribution is -0.146. The third-order valence-electron chi connectivity index (χ3n) is 18.4. The van der Waals surface area contributed by atoms with Crippen LogP contribution in [-0.4, -0.2) is 169 Å². The van der Waals surface area contributed by atoms with E-state index in [0.29, 0.717) is 26.2 Å². The normalized spacial score (nSPS) is 25.1. The van der Waals surface area contributed by atoms with Crippen LogP contribution in [0.25, 0.3) is 0 Å². The van der Waals surface area contributed by atoms with Crippen LogP contribution in [0, 0.1) is 11.8 Å². The molecule has 6 N–H and O–H groups in total. The zero-order chi connectivity index (χ0) is 56.5. The van der Waals surface area contributed by atoms with E-state index in [1.165, 1.54) is 0 Å². The fraction of sp³-hybridized carbons (Fsp3) is 0.581. The Morgan fingerprint density at radius 2 is 0.825 bits per heavy atom. The highest BCUT2D eigenvalue weighted by molar-refractivity contribution is 5.99. The molecule has 6 fully saturated rings. The minimum Gasteiger partial charge on any atom is -0.347 e. The second-order valence-electron chi connectivity index (χ2n) is 23.6. The molecule has 3 aromatic carbocycles. The maximum Gasteiger partial charge on any atom is 0.251 e. The van der Waals surface area contributed by atoms with Gasteiger partial charge in [0.05, 0.1) is 12.1 Å². The fourth-order valence-corrected chi connectivity index (χ4v) is 13.4. The van der Waals surface area contributed by atoms with Crippen molar-refractivity contribution in [3.63, 3.8) is 0 Å². The van der Waals surface area contributed by atoms with E-state index in [9.17, 15) is 38.4 Å². The molecule has 18 nitrogen and oxygen atoms in total. The van der Waals surface area contributed by atoms with Crippen LogP contribution in [0.3, 0.4) is 0 Å². The van der Waals surface area contributed by atoms with Crippen molar-refractivity contribution in [2.24, 2.45) is 11.8 Å². The molecule has 0 spiro atoms. The lowest BCUT2D eigenvalue weighted by Gasteiger charge is -2.35. The minimum atomic E-state index is -0.852. The molecule has 80 heavy (non-hydrogen) atoms. The van der Waals surface area contributed by atoms with Crippen molar-refractivity contribution in [2.75, 3.05) is 53.4 Å². The van der Waals surface area contributed by atoms with Gasteiger partial charge in [-0.15, -0.1) is 0 Å². The number of amides is 8. The Morgan fingerprint density at radius 1 is 0.463 bits per heavy atom. The lowest BCUT2D eigenvalue weighted by Crippen LogP contribution is -2.58. The van der Waals surface area contributed by atoms with Gasteiger partial charge in [0.25, 0.3) is 11.8 Å². The number of nitrogens with zero attached hydrogens (tertiary/aromatic N) is 4. The van der Waals surface area contributed by atoms with Gasteiger partial charge in [-0.1, -0.05) is 99.2 Å². The molecule has 0 radical (unpaired) electrons. The molecule has 0 aromatic heterocycles. The second-order valence-corrected chi connectivity index (χ2v) is 23.6. The van der Waals surface area contributed by atoms with Gasteiger partial charge in [0.1, 0.15) is 24.2 Å². The largest absolute Gasteiger partial charge is 0.347 e. The smallest absolute Gasteiger partial charge is 0.251 e. The molecule has 2 aliphatic carbocycles. The third-order valence-corrected chi connectivity index (χ3v) is 18.4. The second kappa shape index (κ2) is 26.7. The van der Waals surface area contributed by atoms with Crippen LogP contribution >= 0.6 is 0 Å². The van der Waals surface area contributed by atoms with E-state index in [2.05, 4.69) is 56.2 Å². The maximum absolute atomic E-state index is 14.9. The van der Waals surface area contributed by atoms with E-state index in [1.54, 1.807) is 62.0 Å². The predicted octanol–water partition coefficient (Wildman–Crippen LogP) is 4.46. The molecule has 4 saturated heterocycles. The van der Waals surface area contributed by atoms with Crippen LogP contribution in [-0.2, 0) is 28.8 Å². The summed E-state index contributed by atoms with van der Waals surface area (Å²) < 4.78 is 0. The molecule has 10 atom stereocenters. The zero-order valence-electron chi connectivity index (χ0n) is 47.2. The Labute approximate surface area is 471 Å². The van der Waals surface area contributed by atoms with Crippen molar-refractivity contribution < 1.29 is 38.4 Å². The summed E-state index contributed by atoms with van der Waals surface area (Å²) in [5, 5.41) is 18.3. The highest BCUT2D eigenvalue weighted by Gasteiger charge is 2.49. The zero-order valence-corrected chi connectivity index (χ0v) is 47.2. The first-order valence-corrected chi connectivity index (χ1v) is 29.7. The van der Waals surface area contributed by atoms with E-state index in [1.807, 2.05) is 46.2 Å². The summed E-state index contributed by atoms with van der Waals surface area (Å²) in [6, 6.07) is 20.9. The summed E-state index contributed by atoms with van der Waals surface area (Å²) in [4.78, 5) is 121. The average molecular weight is 1100 g/mol. The molecule has 18 heteroatoms. The predicted molar refractivity (Wildman–Crippen MR) is 304 cm³/mol. The van der Waals surface area contributed by atoms with Crippen LogP contribution in [0.15, 0.2) is 84.9 Å². The fourth-order valence-electron chi connectivity index (χ4n) is 13.4. The Bertz CT molecular complexity index is 2480. The quantitative estimate of drug-likeness (QED) is 0.105. The molecular formula is C62H84N10O8. The highest BCUT2D eigenvalue weighted by Crippen LogP contribution is 2.35. The number of carbonyl (C=O) groups excluding carboxylic acids is 8. The van der Waals surface area contributed by atoms with E-state index < -0.39 is 60.1 Å². The van der Waals surface area contributed by atoms with E-state index in [-0.39, 0.29) is 96.2 Å². The summed E-state index contributed by atoms with van der Waals surface area (Å²) in [6.45, 7) is 5.76. The number of likely N-dealkylation sites (tertiary alicyclic amines) is 4. The Balaban J connectivity index is 0.890. The van der Waals surface area contributed by atoms with E-state index in [0.717, 1.165) is 88.2 Å². The number of nitrogens with one attached hydrogen (secondary N) is 6. The van der Waals surface area contributed by atoms with Gasteiger partial charge in [-0.2, -0.15) is 0 Å². The summed E-state index contributed by atoms with van der Waals surface area (Å²) in [5.74, 6) is -2.28. The first-order valence-electron chi connectivity index (χ1n) is 29.7. The van der Waals surface area contributed by atoms with Crippen molar-refractivity contribution in [3.05, 3.63) is 107 Å². The summed E-state index contributed by atoms with van der Waals surface area (Å²) in [7, 11) is 3.39. The number of hydrogen-bond acceptors (Lipinski definition) is 10. The third kappa shape index (κ3) is 13.6. The van der Waals surface area contributed by atoms with E-state index in [4.69, 9.17) is 0 Å². The number of carbonyl (C=O) groups is 8. The lowest BCUT2D eigenvalue weighted by atomic mass is 9.83. The molecule has 2 saturated carbocycles. The average Bonchev–Trinajstić information content (AvgIpc) is 4.38. The summed E-state index contributed by atoms with van der Waals surface area (Å²) in [5.41, 5.74) is 2.87. The molecule has 1 unspecified atom stereocenters. The Kier molecular flexibility index (Phi) is 19.4. The molecule has 8 amide bonds. The van der Waals surface area contributed by atoms with Crippen LogP contribution in [0.1, 0.15) is 147 Å². The monoisotopic (exact) mass is 1100 g/mol. The highest BCUT2D eigenvalue weighted by atomic mass is 16.2. The number of rotatable bonds is 18. The molecule has 3 aromatic rings. The standard InChI is InChI=1S/C62H84N10O8/c1-39(63-3)55(73)67-53(43-21-13-7-14-22-43)61(79)71-37-49(33-51(71)59(77)69-31-29-47(35-69)41-17-9-5-10-18-41)65-57(75)45-25-27-46(28-26-45)58(76)66-50-34-52(60(78)70-32-30-48(36-70)42-19-11-6-12-20-42)72(38-50)62(80)54(44-23-15-8-16-24-44)68-56(74)40(2)64-4/h5-6,9-12,17-20,25-28,39-40,43-44,47-54,63-64H,7-8,13-16,21-24,29-38H2,1-4H3,(H,65,75)(H,66,76)(H,67,73)(H,68,74)/t39-,40-,47+,48?,49-,50-,51-,52-,53-,54-/m0/s1. The van der Waals surface area contributed by atoms with Gasteiger partial charge in [-0.25, -0.2) is 0 Å². The van der Waals surface area contributed by atoms with Gasteiger partial charge >= 0.3 is 0 Å². The topological polar surface area (TPSA) is 222 Å². The Hall–Kier alpha value is -6.66. The van der Waals surface area contributed by atoms with Crippen LogP contribution in [0.2, 0.25) is 0 Å². The molecule has 0 bridgehead atoms. The van der Waals surface area contributed by atoms with Crippen LogP contribution in [0.4, 0.5) is 0 Å². The van der Waals surface area contributed by atoms with Gasteiger partial charge in [0, 0.05) is 74.3 Å². The molecular weight excluding hydrogens is 1010 g/mol. The molecule has 6 aliphatic rings. The first kappa shape index (κ1) is 58.0. The Morgan fingerprint density at radius 3 is 1.18 bits per heavy atom. The maximum atomic E-state index is 14.9. The van der Waals surface area contributed by atoms with Crippen molar-refractivity contribution >= 4 is 47.3 Å². The van der Waals surface area contributed by atoms with Gasteiger partial charge in [0.2, 0.25) is 35.4 Å². The van der Waals surface area contributed by atoms with E-state index >= 15 is 0 Å². The molecule has 4 heterocycles. The minimum absolute atomic E-state index is 0.0801. The van der Waals surface area contributed by atoms with Crippen LogP contribution < -0.4 is 31.9 Å². The van der Waals surface area contributed by atoms with Crippen molar-refractivity contribution in [1.29, 1.82) is 0 Å². The van der Waals surface area contributed by atoms with Crippen molar-refractivity contribution in [2.45, 2.75) is 164 Å². The molecule has 4 aliphatic heterocycles. The van der Waals surface area contributed by atoms with Crippen LogP contribution in [0.5, 0.6) is 0 Å². The molecule has 430 valence electrons. The van der Waals surface area contributed by atoms with Gasteiger partial charge in [0.15, 0.2) is 0 Å². The van der Waals surface area contributed by atoms with Gasteiger partial charge < -0.3 is 51.5 Å². The number of benzene rings is 3. The number of likely N-dealkylation sites (N-methyl/N-ethyl adjacent to an activating group) is 2. The summed E-state index contributed by atoms with van der Waals surface area (Å²) >= 11 is 0.